The van der Waals surface area contributed by atoms with Crippen molar-refractivity contribution in [2.75, 3.05) is 7.11 Å². The maximum Gasteiger partial charge on any atom is 0.186 e. The normalized spacial score (nSPS) is 11.9. The maximum absolute atomic E-state index is 5.50. The van der Waals surface area contributed by atoms with E-state index < -0.39 is 8.32 Å². The molecule has 0 spiro atoms. The lowest BCUT2D eigenvalue weighted by atomic mass is 10.3. The highest BCUT2D eigenvalue weighted by molar-refractivity contribution is 7.09. The van der Waals surface area contributed by atoms with E-state index in [4.69, 9.17) is 4.43 Å². The van der Waals surface area contributed by atoms with E-state index in [0.717, 1.165) is 0 Å². The van der Waals surface area contributed by atoms with Crippen LogP contribution in [0.1, 0.15) is 11.3 Å². The molecule has 0 radical (unpaired) electrons. The Kier molecular flexibility index (Phi) is 4.16. The smallest absolute Gasteiger partial charge is 0.186 e. The molecule has 1 heterocycles. The van der Waals surface area contributed by atoms with Gasteiger partial charge in [0.2, 0.25) is 0 Å². The van der Waals surface area contributed by atoms with Gasteiger partial charge in [-0.25, -0.2) is 0 Å². The van der Waals surface area contributed by atoms with Gasteiger partial charge in [0, 0.05) is 12.0 Å². The molecule has 3 heteroatoms. The molecule has 74 valence electrons. The molecule has 0 atom stereocenters. The number of thiophene rings is 1. The summed E-state index contributed by atoms with van der Waals surface area (Å²) in [5.41, 5.74) is 0. The minimum absolute atomic E-state index is 1.22. The van der Waals surface area contributed by atoms with Gasteiger partial charge in [-0.15, -0.1) is 11.3 Å². The van der Waals surface area contributed by atoms with Crippen LogP contribution >= 0.6 is 11.3 Å². The summed E-state index contributed by atoms with van der Waals surface area (Å²) < 4.78 is 5.50. The van der Waals surface area contributed by atoms with Gasteiger partial charge in [0.05, 0.1) is 0 Å². The molecule has 0 fully saturated rings. The van der Waals surface area contributed by atoms with Crippen molar-refractivity contribution in [3.8, 4) is 0 Å². The summed E-state index contributed by atoms with van der Waals surface area (Å²) in [6.07, 6.45) is 2.49. The predicted octanol–water partition coefficient (Wildman–Crippen LogP) is 3.53. The first-order valence-corrected chi connectivity index (χ1v) is 8.71. The molecule has 0 saturated heterocycles. The standard InChI is InChI=1S/C10H18OSSi/c1-11-13(2,3)9-5-7-10-6-4-8-12-10/h4,6,8H,5,7,9H2,1-3H3. The molecule has 0 aliphatic heterocycles. The van der Waals surface area contributed by atoms with Crippen molar-refractivity contribution in [1.82, 2.24) is 0 Å². The van der Waals surface area contributed by atoms with E-state index in [0.29, 0.717) is 0 Å². The minimum Gasteiger partial charge on any atom is -0.420 e. The largest absolute Gasteiger partial charge is 0.420 e. The van der Waals surface area contributed by atoms with Crippen LogP contribution in [0.3, 0.4) is 0 Å². The molecule has 0 aromatic carbocycles. The Labute approximate surface area is 85.9 Å². The molecule has 0 bridgehead atoms. The van der Waals surface area contributed by atoms with Gasteiger partial charge in [0.15, 0.2) is 8.32 Å². The SMILES string of the molecule is CO[Si](C)(C)CCCc1cccs1. The molecule has 0 saturated carbocycles. The average Bonchev–Trinajstić information content (AvgIpc) is 2.57. The number of hydrogen-bond donors (Lipinski definition) is 0. The van der Waals surface area contributed by atoms with E-state index in [-0.39, 0.29) is 0 Å². The number of aryl methyl sites for hydroxylation is 1. The molecule has 1 aromatic heterocycles. The average molecular weight is 214 g/mol. The van der Waals surface area contributed by atoms with Crippen LogP contribution < -0.4 is 0 Å². The zero-order chi connectivity index (χ0) is 9.73. The second kappa shape index (κ2) is 4.93. The summed E-state index contributed by atoms with van der Waals surface area (Å²) in [5, 5.41) is 2.15. The lowest BCUT2D eigenvalue weighted by Crippen LogP contribution is -2.28. The van der Waals surface area contributed by atoms with Gasteiger partial charge < -0.3 is 4.43 Å². The van der Waals surface area contributed by atoms with Crippen molar-refractivity contribution in [2.24, 2.45) is 0 Å². The van der Waals surface area contributed by atoms with Crippen molar-refractivity contribution >= 4 is 19.7 Å². The quantitative estimate of drug-likeness (QED) is 0.681. The number of hydrogen-bond acceptors (Lipinski definition) is 2. The van der Waals surface area contributed by atoms with Crippen molar-refractivity contribution in [3.63, 3.8) is 0 Å². The van der Waals surface area contributed by atoms with Crippen molar-refractivity contribution in [1.29, 1.82) is 0 Å². The Morgan fingerprint density at radius 2 is 2.23 bits per heavy atom. The highest BCUT2D eigenvalue weighted by Gasteiger charge is 2.19. The van der Waals surface area contributed by atoms with E-state index in [1.54, 1.807) is 0 Å². The first kappa shape index (κ1) is 11.0. The molecule has 0 aliphatic carbocycles. The lowest BCUT2D eigenvalue weighted by Gasteiger charge is -2.19. The van der Waals surface area contributed by atoms with Crippen LogP contribution in [0.5, 0.6) is 0 Å². The Morgan fingerprint density at radius 3 is 2.77 bits per heavy atom. The molecule has 1 aromatic rings. The first-order valence-electron chi connectivity index (χ1n) is 4.71. The van der Waals surface area contributed by atoms with Gasteiger partial charge in [-0.3, -0.25) is 0 Å². The Hall–Kier alpha value is -0.123. The van der Waals surface area contributed by atoms with Crippen LogP contribution in [0.2, 0.25) is 19.1 Å². The Morgan fingerprint density at radius 1 is 1.46 bits per heavy atom. The van der Waals surface area contributed by atoms with E-state index >= 15 is 0 Å². The number of rotatable bonds is 5. The van der Waals surface area contributed by atoms with Crippen LogP contribution in [-0.4, -0.2) is 15.4 Å². The molecule has 1 rings (SSSR count). The highest BCUT2D eigenvalue weighted by Crippen LogP contribution is 2.17. The second-order valence-corrected chi connectivity index (χ2v) is 9.36. The molecule has 0 aliphatic rings. The molecule has 0 unspecified atom stereocenters. The second-order valence-electron chi connectivity index (χ2n) is 3.90. The fourth-order valence-electron chi connectivity index (χ4n) is 1.25. The minimum atomic E-state index is -1.31. The van der Waals surface area contributed by atoms with E-state index in [2.05, 4.69) is 30.6 Å². The maximum atomic E-state index is 5.50. The van der Waals surface area contributed by atoms with Gasteiger partial charge in [0.1, 0.15) is 0 Å². The van der Waals surface area contributed by atoms with Gasteiger partial charge in [-0.1, -0.05) is 6.07 Å². The van der Waals surface area contributed by atoms with Gasteiger partial charge in [-0.05, 0) is 43.4 Å². The van der Waals surface area contributed by atoms with Crippen molar-refractivity contribution in [2.45, 2.75) is 32.0 Å². The third-order valence-electron chi connectivity index (χ3n) is 2.33. The Bertz CT molecular complexity index is 231. The van der Waals surface area contributed by atoms with Gasteiger partial charge >= 0.3 is 0 Å². The van der Waals surface area contributed by atoms with Crippen LogP contribution in [0, 0.1) is 0 Å². The summed E-state index contributed by atoms with van der Waals surface area (Å²) in [6.45, 7) is 4.56. The van der Waals surface area contributed by atoms with Gasteiger partial charge in [-0.2, -0.15) is 0 Å². The van der Waals surface area contributed by atoms with Gasteiger partial charge in [0.25, 0.3) is 0 Å². The monoisotopic (exact) mass is 214 g/mol. The predicted molar refractivity (Wildman–Crippen MR) is 61.9 cm³/mol. The summed E-state index contributed by atoms with van der Waals surface area (Å²) in [6, 6.07) is 5.60. The third-order valence-corrected chi connectivity index (χ3v) is 5.93. The van der Waals surface area contributed by atoms with E-state index in [9.17, 15) is 0 Å². The molecular formula is C10H18OSSi. The molecule has 1 nitrogen and oxygen atoms in total. The topological polar surface area (TPSA) is 9.23 Å². The molecule has 0 N–H and O–H groups in total. The molecule has 13 heavy (non-hydrogen) atoms. The fourth-order valence-corrected chi connectivity index (χ4v) is 3.23. The zero-order valence-corrected chi connectivity index (χ0v) is 10.5. The van der Waals surface area contributed by atoms with Crippen LogP contribution in [0.15, 0.2) is 17.5 Å². The van der Waals surface area contributed by atoms with Crippen LogP contribution in [0.4, 0.5) is 0 Å². The van der Waals surface area contributed by atoms with Crippen molar-refractivity contribution < 1.29 is 4.43 Å². The van der Waals surface area contributed by atoms with Crippen LogP contribution in [-0.2, 0) is 10.8 Å². The summed E-state index contributed by atoms with van der Waals surface area (Å²) >= 11 is 1.86. The zero-order valence-electron chi connectivity index (χ0n) is 8.67. The molecule has 0 amide bonds. The fraction of sp³-hybridized carbons (Fsp3) is 0.600. The third kappa shape index (κ3) is 4.07. The lowest BCUT2D eigenvalue weighted by molar-refractivity contribution is 0.402. The molecular weight excluding hydrogens is 196 g/mol. The Balaban J connectivity index is 2.21. The van der Waals surface area contributed by atoms with Crippen molar-refractivity contribution in [3.05, 3.63) is 22.4 Å². The summed E-state index contributed by atoms with van der Waals surface area (Å²) in [7, 11) is 0.539. The van der Waals surface area contributed by atoms with E-state index in [1.165, 1.54) is 23.8 Å². The van der Waals surface area contributed by atoms with Crippen LogP contribution in [0.25, 0.3) is 0 Å². The first-order chi connectivity index (χ1) is 6.14. The summed E-state index contributed by atoms with van der Waals surface area (Å²) in [5.74, 6) is 0. The summed E-state index contributed by atoms with van der Waals surface area (Å²) in [4.78, 5) is 1.50. The van der Waals surface area contributed by atoms with E-state index in [1.807, 2.05) is 18.4 Å². The highest BCUT2D eigenvalue weighted by atomic mass is 32.1.